The van der Waals surface area contributed by atoms with Crippen LogP contribution in [0.2, 0.25) is 0 Å². The summed E-state index contributed by atoms with van der Waals surface area (Å²) >= 11 is 0. The Morgan fingerprint density at radius 1 is 0.417 bits per heavy atom. The van der Waals surface area contributed by atoms with E-state index in [9.17, 15) is 49.5 Å². The number of carbonyl (C=O) groups excluding carboxylic acids is 5. The van der Waals surface area contributed by atoms with Crippen LogP contribution in [0.3, 0.4) is 0 Å². The van der Waals surface area contributed by atoms with Gasteiger partial charge in [0.15, 0.2) is 0 Å². The number of aromatic hydroxyl groups is 5. The summed E-state index contributed by atoms with van der Waals surface area (Å²) in [5.41, 5.74) is 7.56. The van der Waals surface area contributed by atoms with E-state index in [1.165, 1.54) is 14.2 Å². The molecule has 580 valence electrons. The number of nitrogens with zero attached hydrogens (tertiary/aromatic N) is 8. The molecule has 1 saturated carbocycles. The quantitative estimate of drug-likeness (QED) is 0.0250. The molecule has 5 saturated heterocycles. The molecular formula is C80H103N11O17. The van der Waals surface area contributed by atoms with Crippen LogP contribution in [0.5, 0.6) is 28.7 Å². The third kappa shape index (κ3) is 24.3. The number of amides is 5. The first-order valence-electron chi connectivity index (χ1n) is 36.5. The smallest absolute Gasteiger partial charge is 0.280 e. The van der Waals surface area contributed by atoms with E-state index in [0.29, 0.717) is 103 Å². The van der Waals surface area contributed by atoms with Crippen molar-refractivity contribution in [1.29, 1.82) is 0 Å². The summed E-state index contributed by atoms with van der Waals surface area (Å²) in [4.78, 5) is 80.5. The van der Waals surface area contributed by atoms with E-state index in [2.05, 4.69) is 45.3 Å². The number of ether oxygens (including phenoxy) is 6. The fraction of sp³-hybridized carbons (Fsp3) is 0.412. The third-order valence-electron chi connectivity index (χ3n) is 18.4. The van der Waals surface area contributed by atoms with E-state index < -0.39 is 0 Å². The number of anilines is 7. The number of hydrogen-bond donors (Lipinski definition) is 8. The van der Waals surface area contributed by atoms with Crippen molar-refractivity contribution in [2.45, 2.75) is 25.3 Å². The number of hydrogen-bond acceptors (Lipinski definition) is 23. The number of hydroxylamine groups is 2. The number of phenolic OH excluding ortho intramolecular Hbond substituents is 5. The third-order valence-corrected chi connectivity index (χ3v) is 18.4. The predicted octanol–water partition coefficient (Wildman–Crippen LogP) is 7.90. The second-order valence-corrected chi connectivity index (χ2v) is 26.2. The SMILES string of the molecule is CN(C)CCCNC(=O)c1ccc(N2CCOCC2)cc1O.COCCNC(=O)c1ccc(N2CCOCC2)cc1O.CON(C)C(=O)c1ccc(N2CCOCC2)cc1O.O=C(Nc1ccccc1)c1ccc(N2CCOCC2)cc1O.O=C(c1ccc(N2CCOCC2)cc1O)N(c1ccccc1)C1CC1. The molecule has 0 unspecified atom stereocenters. The number of para-hydroxylation sites is 2. The van der Waals surface area contributed by atoms with Crippen molar-refractivity contribution in [3.63, 3.8) is 0 Å². The molecule has 8 N–H and O–H groups in total. The minimum atomic E-state index is -0.381. The molecule has 5 heterocycles. The minimum absolute atomic E-state index is 0.0103. The van der Waals surface area contributed by atoms with Gasteiger partial charge < -0.3 is 104 Å². The van der Waals surface area contributed by atoms with Crippen LogP contribution in [-0.4, -0.2) is 264 Å². The van der Waals surface area contributed by atoms with Gasteiger partial charge in [-0.1, -0.05) is 36.4 Å². The van der Waals surface area contributed by atoms with Crippen molar-refractivity contribution in [3.05, 3.63) is 179 Å². The molecule has 7 aromatic carbocycles. The molecule has 13 rings (SSSR count). The molecule has 7 aromatic rings. The fourth-order valence-corrected chi connectivity index (χ4v) is 12.2. The molecule has 1 aliphatic carbocycles. The van der Waals surface area contributed by atoms with Crippen LogP contribution in [0.15, 0.2) is 152 Å². The minimum Gasteiger partial charge on any atom is -0.507 e. The molecule has 0 spiro atoms. The lowest BCUT2D eigenvalue weighted by Gasteiger charge is -2.29. The Kier molecular flexibility index (Phi) is 31.9. The number of morpholine rings is 5. The fourth-order valence-electron chi connectivity index (χ4n) is 12.2. The van der Waals surface area contributed by atoms with Crippen LogP contribution in [0.25, 0.3) is 0 Å². The van der Waals surface area contributed by atoms with Crippen molar-refractivity contribution in [3.8, 4) is 28.7 Å². The number of methoxy groups -OCH3 is 1. The summed E-state index contributed by atoms with van der Waals surface area (Å²) in [5.74, 6) is -1.38. The number of benzene rings is 7. The zero-order chi connectivity index (χ0) is 76.7. The van der Waals surface area contributed by atoms with Gasteiger partial charge in [0.25, 0.3) is 29.5 Å². The average Bonchev–Trinajstić information content (AvgIpc) is 1.59. The highest BCUT2D eigenvalue weighted by Crippen LogP contribution is 2.36. The number of carbonyl (C=O) groups is 5. The summed E-state index contributed by atoms with van der Waals surface area (Å²) < 4.78 is 31.4. The second-order valence-electron chi connectivity index (χ2n) is 26.2. The average molecular weight is 1490 g/mol. The van der Waals surface area contributed by atoms with Crippen LogP contribution >= 0.6 is 0 Å². The van der Waals surface area contributed by atoms with Gasteiger partial charge in [0.05, 0.1) is 108 Å². The maximum absolute atomic E-state index is 13.1. The van der Waals surface area contributed by atoms with E-state index in [1.807, 2.05) is 97.9 Å². The van der Waals surface area contributed by atoms with Gasteiger partial charge in [0, 0.05) is 169 Å². The highest BCUT2D eigenvalue weighted by molar-refractivity contribution is 6.09. The Balaban J connectivity index is 0.000000156. The molecular weight excluding hydrogens is 1390 g/mol. The van der Waals surface area contributed by atoms with Gasteiger partial charge >= 0.3 is 0 Å². The summed E-state index contributed by atoms with van der Waals surface area (Å²) in [7, 11) is 8.46. The van der Waals surface area contributed by atoms with Gasteiger partial charge in [0.1, 0.15) is 28.7 Å². The van der Waals surface area contributed by atoms with Crippen molar-refractivity contribution in [2.24, 2.45) is 0 Å². The molecule has 0 atom stereocenters. The Morgan fingerprint density at radius 2 is 0.741 bits per heavy atom. The van der Waals surface area contributed by atoms with Crippen LogP contribution in [0.1, 0.15) is 71.1 Å². The molecule has 28 nitrogen and oxygen atoms in total. The zero-order valence-corrected chi connectivity index (χ0v) is 62.3. The summed E-state index contributed by atoms with van der Waals surface area (Å²) in [5, 5.41) is 60.1. The van der Waals surface area contributed by atoms with E-state index in [0.717, 1.165) is 130 Å². The summed E-state index contributed by atoms with van der Waals surface area (Å²) in [6, 6.07) is 44.9. The van der Waals surface area contributed by atoms with Crippen LogP contribution in [-0.2, 0) is 33.3 Å². The van der Waals surface area contributed by atoms with Gasteiger partial charge in [-0.15, -0.1) is 0 Å². The Labute approximate surface area is 631 Å². The Hall–Kier alpha value is -10.4. The largest absolute Gasteiger partial charge is 0.507 e. The van der Waals surface area contributed by atoms with Gasteiger partial charge in [-0.2, -0.15) is 0 Å². The molecule has 0 aromatic heterocycles. The van der Waals surface area contributed by atoms with Crippen molar-refractivity contribution < 1.29 is 82.8 Å². The van der Waals surface area contributed by atoms with Crippen molar-refractivity contribution in [2.75, 3.05) is 228 Å². The monoisotopic (exact) mass is 1490 g/mol. The Bertz CT molecular complexity index is 4000. The topological polar surface area (TPSA) is 313 Å². The van der Waals surface area contributed by atoms with Crippen LogP contribution < -0.4 is 45.3 Å². The lowest BCUT2D eigenvalue weighted by molar-refractivity contribution is -0.0758. The molecule has 5 aliphatic heterocycles. The van der Waals surface area contributed by atoms with E-state index in [-0.39, 0.29) is 81.0 Å². The molecule has 6 aliphatic rings. The lowest BCUT2D eigenvalue weighted by atomic mass is 10.1. The molecule has 6 fully saturated rings. The highest BCUT2D eigenvalue weighted by atomic mass is 16.7. The summed E-state index contributed by atoms with van der Waals surface area (Å²) in [6.07, 6.45) is 2.89. The normalized spacial score (nSPS) is 15.6. The van der Waals surface area contributed by atoms with Crippen molar-refractivity contribution >= 4 is 69.3 Å². The van der Waals surface area contributed by atoms with Crippen LogP contribution in [0.4, 0.5) is 39.8 Å². The first kappa shape index (κ1) is 81.6. The maximum Gasteiger partial charge on any atom is 0.280 e. The lowest BCUT2D eigenvalue weighted by Crippen LogP contribution is -2.36. The van der Waals surface area contributed by atoms with Gasteiger partial charge in [-0.05, 0) is 125 Å². The Morgan fingerprint density at radius 3 is 1.06 bits per heavy atom. The van der Waals surface area contributed by atoms with Gasteiger partial charge in [0.2, 0.25) is 0 Å². The molecule has 108 heavy (non-hydrogen) atoms. The van der Waals surface area contributed by atoms with Gasteiger partial charge in [-0.25, -0.2) is 5.06 Å². The zero-order valence-electron chi connectivity index (χ0n) is 62.3. The van der Waals surface area contributed by atoms with Gasteiger partial charge in [-0.3, -0.25) is 28.8 Å². The van der Waals surface area contributed by atoms with E-state index in [1.54, 1.807) is 79.9 Å². The molecule has 0 radical (unpaired) electrons. The maximum atomic E-state index is 13.1. The van der Waals surface area contributed by atoms with Crippen molar-refractivity contribution in [1.82, 2.24) is 20.6 Å². The van der Waals surface area contributed by atoms with Crippen LogP contribution in [0, 0.1) is 0 Å². The summed E-state index contributed by atoms with van der Waals surface area (Å²) in [6.45, 7) is 17.1. The first-order chi connectivity index (χ1) is 52.4. The standard InChI is InChI=1S/C20H22N2O3.C17H18N2O3.C16H25N3O3.C14H20N2O4.C13H18N2O4/c23-19-14-17(21-10-12-25-13-11-21)8-9-18(19)20(24)22(16-6-7-16)15-4-2-1-3-5-15;20-16-12-14(19-8-10-22-11-9-19)6-7-15(16)17(21)18-13-4-2-1-3-5-13;1-18(2)7-3-6-17-16(21)14-5-4-13(12-15(14)20)19-8-10-22-11-9-19;1-19-7-4-15-14(18)12-3-2-11(10-13(12)17)16-5-8-20-9-6-16;1-14(18-2)13(17)11-4-3-10(9-12(11)16)15-5-7-19-8-6-15/h1-5,8-9,14,16,23H,6-7,10-13H2;1-7,12,20H,8-11H2,(H,18,21);4-5,12,20H,3,6-11H2,1-2H3,(H,17,21);2-3,10,17H,4-9H2,1H3,(H,15,18);3-4,9,16H,5-8H2,1-2H3. The number of nitrogens with one attached hydrogen (secondary N) is 3. The molecule has 28 heteroatoms. The first-order valence-corrected chi connectivity index (χ1v) is 36.5. The number of phenols is 5. The van der Waals surface area contributed by atoms with E-state index >= 15 is 0 Å². The van der Waals surface area contributed by atoms with E-state index in [4.69, 9.17) is 33.3 Å². The molecule has 0 bridgehead atoms. The predicted molar refractivity (Wildman–Crippen MR) is 415 cm³/mol. The molecule has 5 amide bonds. The number of rotatable bonds is 21. The highest BCUT2D eigenvalue weighted by Gasteiger charge is 2.35. The second kappa shape index (κ2) is 42.2.